The van der Waals surface area contributed by atoms with Gasteiger partial charge in [0.2, 0.25) is 0 Å². The molecule has 0 bridgehead atoms. The fourth-order valence-corrected chi connectivity index (χ4v) is 2.68. The molecule has 23 heavy (non-hydrogen) atoms. The van der Waals surface area contributed by atoms with Gasteiger partial charge in [-0.3, -0.25) is 0 Å². The monoisotopic (exact) mass is 313 g/mol. The van der Waals surface area contributed by atoms with Crippen LogP contribution in [0.4, 0.5) is 0 Å². The van der Waals surface area contributed by atoms with E-state index in [1.165, 1.54) is 0 Å². The van der Waals surface area contributed by atoms with Crippen molar-refractivity contribution < 1.29 is 14.6 Å². The quantitative estimate of drug-likeness (QED) is 0.824. The van der Waals surface area contributed by atoms with Gasteiger partial charge < -0.3 is 20.3 Å². The van der Waals surface area contributed by atoms with Crippen LogP contribution in [0.5, 0.6) is 11.5 Å². The second-order valence-electron chi connectivity index (χ2n) is 6.04. The minimum absolute atomic E-state index is 0.334. The number of methoxy groups -OCH3 is 1. The smallest absolute Gasteiger partial charge is 0.161 e. The zero-order valence-corrected chi connectivity index (χ0v) is 13.3. The van der Waals surface area contributed by atoms with Crippen LogP contribution in [0.1, 0.15) is 30.0 Å². The lowest BCUT2D eigenvalue weighted by Crippen LogP contribution is -2.27. The van der Waals surface area contributed by atoms with Crippen molar-refractivity contribution in [2.75, 3.05) is 7.11 Å². The van der Waals surface area contributed by atoms with Crippen LogP contribution in [0.15, 0.2) is 48.5 Å². The highest BCUT2D eigenvalue weighted by atomic mass is 16.5. The van der Waals surface area contributed by atoms with E-state index in [9.17, 15) is 5.11 Å². The summed E-state index contributed by atoms with van der Waals surface area (Å²) in [6.07, 6.45) is 1.62. The van der Waals surface area contributed by atoms with Crippen LogP contribution in [0.25, 0.3) is 0 Å². The summed E-state index contributed by atoms with van der Waals surface area (Å²) in [6, 6.07) is 15.2. The Bertz CT molecular complexity index is 640. The Labute approximate surface area is 136 Å². The lowest BCUT2D eigenvalue weighted by molar-refractivity contribution is 0.122. The maximum absolute atomic E-state index is 10.2. The van der Waals surface area contributed by atoms with E-state index in [2.05, 4.69) is 0 Å². The van der Waals surface area contributed by atoms with Crippen LogP contribution in [0, 0.1) is 5.92 Å². The lowest BCUT2D eigenvalue weighted by atomic mass is 9.99. The summed E-state index contributed by atoms with van der Waals surface area (Å²) in [5, 5.41) is 10.2. The Morgan fingerprint density at radius 3 is 2.52 bits per heavy atom. The van der Waals surface area contributed by atoms with E-state index < -0.39 is 12.1 Å². The first-order valence-corrected chi connectivity index (χ1v) is 7.97. The van der Waals surface area contributed by atoms with Crippen molar-refractivity contribution in [3.8, 4) is 11.5 Å². The van der Waals surface area contributed by atoms with Gasteiger partial charge >= 0.3 is 0 Å². The molecule has 2 aromatic carbocycles. The molecule has 0 heterocycles. The molecule has 0 aliphatic heterocycles. The van der Waals surface area contributed by atoms with Crippen molar-refractivity contribution >= 4 is 0 Å². The van der Waals surface area contributed by atoms with Gasteiger partial charge in [-0.2, -0.15) is 0 Å². The average molecular weight is 313 g/mol. The Morgan fingerprint density at radius 2 is 1.87 bits per heavy atom. The third-order valence-electron chi connectivity index (χ3n) is 4.28. The zero-order valence-electron chi connectivity index (χ0n) is 13.3. The topological polar surface area (TPSA) is 64.7 Å². The van der Waals surface area contributed by atoms with Gasteiger partial charge in [-0.15, -0.1) is 0 Å². The summed E-state index contributed by atoms with van der Waals surface area (Å²) >= 11 is 0. The van der Waals surface area contributed by atoms with Crippen LogP contribution in [-0.2, 0) is 6.61 Å². The van der Waals surface area contributed by atoms with Crippen molar-refractivity contribution in [2.24, 2.45) is 11.7 Å². The fourth-order valence-electron chi connectivity index (χ4n) is 2.68. The third-order valence-corrected chi connectivity index (χ3v) is 4.28. The maximum atomic E-state index is 10.2. The maximum Gasteiger partial charge on any atom is 0.161 e. The number of benzene rings is 2. The van der Waals surface area contributed by atoms with E-state index >= 15 is 0 Å². The summed E-state index contributed by atoms with van der Waals surface area (Å²) in [5.41, 5.74) is 8.15. The molecule has 0 aromatic heterocycles. The number of nitrogens with two attached hydrogens (primary N) is 1. The molecule has 122 valence electrons. The molecule has 0 saturated heterocycles. The summed E-state index contributed by atoms with van der Waals surface area (Å²) in [6.45, 7) is 0.459. The number of hydrogen-bond acceptors (Lipinski definition) is 4. The second kappa shape index (κ2) is 7.02. The highest BCUT2D eigenvalue weighted by Crippen LogP contribution is 2.39. The highest BCUT2D eigenvalue weighted by molar-refractivity contribution is 5.44. The van der Waals surface area contributed by atoms with Crippen LogP contribution in [0.2, 0.25) is 0 Å². The van der Waals surface area contributed by atoms with Crippen LogP contribution < -0.4 is 15.2 Å². The molecule has 0 radical (unpaired) electrons. The second-order valence-corrected chi connectivity index (χ2v) is 6.04. The van der Waals surface area contributed by atoms with Crippen LogP contribution in [0.3, 0.4) is 0 Å². The highest BCUT2D eigenvalue weighted by Gasteiger charge is 2.34. The van der Waals surface area contributed by atoms with Crippen LogP contribution in [-0.4, -0.2) is 18.3 Å². The van der Waals surface area contributed by atoms with E-state index in [1.54, 1.807) is 7.11 Å². The summed E-state index contributed by atoms with van der Waals surface area (Å²) in [5.74, 6) is 1.64. The zero-order chi connectivity index (χ0) is 16.2. The molecule has 0 unspecified atom stereocenters. The number of hydrogen-bond donors (Lipinski definition) is 2. The van der Waals surface area contributed by atoms with Crippen molar-refractivity contribution in [1.82, 2.24) is 0 Å². The predicted molar refractivity (Wildman–Crippen MR) is 89.4 cm³/mol. The Hall–Kier alpha value is -2.04. The summed E-state index contributed by atoms with van der Waals surface area (Å²) < 4.78 is 11.3. The standard InChI is InChI=1S/C19H23NO3/c1-22-16-10-9-15(18(20)19(21)14-7-8-14)11-17(16)23-12-13-5-3-2-4-6-13/h2-6,9-11,14,18-19,21H,7-8,12,20H2,1H3/t18-,19+/m0/s1. The van der Waals surface area contributed by atoms with Gasteiger partial charge in [0, 0.05) is 0 Å². The van der Waals surface area contributed by atoms with E-state index in [0.717, 1.165) is 24.0 Å². The first-order chi connectivity index (χ1) is 11.2. The molecule has 0 amide bonds. The van der Waals surface area contributed by atoms with Gasteiger partial charge in [0.15, 0.2) is 11.5 Å². The van der Waals surface area contributed by atoms with E-state index in [1.807, 2.05) is 48.5 Å². The van der Waals surface area contributed by atoms with Gasteiger partial charge in [-0.1, -0.05) is 36.4 Å². The first-order valence-electron chi connectivity index (χ1n) is 7.97. The number of rotatable bonds is 7. The number of ether oxygens (including phenoxy) is 2. The minimum Gasteiger partial charge on any atom is -0.493 e. The Kier molecular flexibility index (Phi) is 4.84. The summed E-state index contributed by atoms with van der Waals surface area (Å²) in [4.78, 5) is 0. The molecule has 4 nitrogen and oxygen atoms in total. The Balaban J connectivity index is 1.75. The fraction of sp³-hybridized carbons (Fsp3) is 0.368. The summed E-state index contributed by atoms with van der Waals surface area (Å²) in [7, 11) is 1.61. The van der Waals surface area contributed by atoms with Crippen molar-refractivity contribution in [2.45, 2.75) is 31.6 Å². The largest absolute Gasteiger partial charge is 0.493 e. The molecule has 1 aliphatic carbocycles. The van der Waals surface area contributed by atoms with Crippen molar-refractivity contribution in [1.29, 1.82) is 0 Å². The molecule has 1 aliphatic rings. The van der Waals surface area contributed by atoms with Crippen LogP contribution >= 0.6 is 0 Å². The number of aliphatic hydroxyl groups excluding tert-OH is 1. The Morgan fingerprint density at radius 1 is 1.13 bits per heavy atom. The van der Waals surface area contributed by atoms with Crippen molar-refractivity contribution in [3.63, 3.8) is 0 Å². The molecule has 2 atom stereocenters. The molecular formula is C19H23NO3. The molecule has 3 rings (SSSR count). The molecule has 1 saturated carbocycles. The van der Waals surface area contributed by atoms with Gasteiger partial charge in [0.05, 0.1) is 19.3 Å². The van der Waals surface area contributed by atoms with E-state index in [4.69, 9.17) is 15.2 Å². The normalized spacial score (nSPS) is 16.7. The van der Waals surface area contributed by atoms with Gasteiger partial charge in [-0.05, 0) is 42.0 Å². The molecule has 1 fully saturated rings. The van der Waals surface area contributed by atoms with E-state index in [0.29, 0.717) is 24.0 Å². The first kappa shape index (κ1) is 15.8. The molecule has 0 spiro atoms. The van der Waals surface area contributed by atoms with Gasteiger partial charge in [0.1, 0.15) is 6.61 Å². The average Bonchev–Trinajstić information content (AvgIpc) is 3.44. The van der Waals surface area contributed by atoms with Crippen molar-refractivity contribution in [3.05, 3.63) is 59.7 Å². The molecule has 4 heteroatoms. The van der Waals surface area contributed by atoms with Gasteiger partial charge in [-0.25, -0.2) is 0 Å². The number of aliphatic hydroxyl groups is 1. The SMILES string of the molecule is COc1ccc([C@H](N)[C@H](O)C2CC2)cc1OCc1ccccc1. The van der Waals surface area contributed by atoms with Gasteiger partial charge in [0.25, 0.3) is 0 Å². The van der Waals surface area contributed by atoms with E-state index in [-0.39, 0.29) is 0 Å². The molecular weight excluding hydrogens is 290 g/mol. The molecule has 3 N–H and O–H groups in total. The molecule has 2 aromatic rings. The third kappa shape index (κ3) is 3.84. The minimum atomic E-state index is -0.495. The predicted octanol–water partition coefficient (Wildman–Crippen LogP) is 3.04. The lowest BCUT2D eigenvalue weighted by Gasteiger charge is -2.20.